The highest BCUT2D eigenvalue weighted by molar-refractivity contribution is 5.88. The molecular weight excluding hydrogens is 676 g/mol. The van der Waals surface area contributed by atoms with Gasteiger partial charge in [0, 0.05) is 52.7 Å². The van der Waals surface area contributed by atoms with Gasteiger partial charge < -0.3 is 42.7 Å². The van der Waals surface area contributed by atoms with Crippen LogP contribution in [-0.4, -0.2) is 76.7 Å². The molecule has 4 heterocycles. The van der Waals surface area contributed by atoms with Crippen molar-refractivity contribution in [3.63, 3.8) is 0 Å². The van der Waals surface area contributed by atoms with E-state index in [9.17, 15) is 24.3 Å². The summed E-state index contributed by atoms with van der Waals surface area (Å²) in [5.41, 5.74) is -9.45. The van der Waals surface area contributed by atoms with Gasteiger partial charge in [-0.25, -0.2) is 9.59 Å². The molecule has 8 rings (SSSR count). The Kier molecular flexibility index (Phi) is 7.22. The monoisotopic (exact) mass is 724 g/mol. The number of cyclic esters (lactones) is 1. The minimum Gasteiger partial charge on any atom is -0.472 e. The summed E-state index contributed by atoms with van der Waals surface area (Å²) < 4.78 is 51.5. The summed E-state index contributed by atoms with van der Waals surface area (Å²) in [5.74, 6) is -5.54. The highest BCUT2D eigenvalue weighted by Gasteiger charge is 3.03. The van der Waals surface area contributed by atoms with Crippen LogP contribution in [-0.2, 0) is 52.3 Å². The zero-order chi connectivity index (χ0) is 37.7. The third-order valence-electron chi connectivity index (χ3n) is 14.8. The number of furan rings is 1. The van der Waals surface area contributed by atoms with Crippen LogP contribution in [0.4, 0.5) is 0 Å². The van der Waals surface area contributed by atoms with E-state index >= 15 is 0 Å². The standard InChI is InChI=1S/C39H48O13/c1-10-20(3)29(43)48-30-33(7)19-35(44)34(8,24(33)16-26(41)45-9)36-14-13-32(6)25(17-27(42)47-28(32)23-12-15-46-18-23)37(36)31(38(30,35)49-22(5)40)50-39(51-36,52-37)21(4)11-2/h10,12,15,17-18,21,24,28,30-31,44H,11,13-14,16,19H2,1-9H3/b20-10+/t21?,24-,28-,30-,31-,32+,33+,34+,35+,36?,37?,38?,39?/m0/s1. The number of methoxy groups -OCH3 is 1. The number of carbonyl (C=O) groups excluding carboxylic acids is 4. The van der Waals surface area contributed by atoms with Crippen molar-refractivity contribution >= 4 is 23.9 Å². The first-order valence-electron chi connectivity index (χ1n) is 18.2. The van der Waals surface area contributed by atoms with Crippen molar-refractivity contribution in [2.75, 3.05) is 7.11 Å². The minimum atomic E-state index is -2.10. The zero-order valence-electron chi connectivity index (χ0n) is 31.2. The van der Waals surface area contributed by atoms with Gasteiger partial charge in [0.1, 0.15) is 23.4 Å². The quantitative estimate of drug-likeness (QED) is 0.222. The van der Waals surface area contributed by atoms with Crippen molar-refractivity contribution in [1.82, 2.24) is 0 Å². The molecule has 6 fully saturated rings. The fourth-order valence-electron chi connectivity index (χ4n) is 12.3. The van der Waals surface area contributed by atoms with Crippen LogP contribution >= 0.6 is 0 Å². The van der Waals surface area contributed by atoms with E-state index in [0.29, 0.717) is 29.6 Å². The van der Waals surface area contributed by atoms with Gasteiger partial charge in [0.2, 0.25) is 5.60 Å². The molecule has 1 N–H and O–H groups in total. The van der Waals surface area contributed by atoms with Crippen molar-refractivity contribution < 1.29 is 61.9 Å². The molecule has 1 aromatic heterocycles. The Balaban J connectivity index is 1.49. The number of rotatable bonds is 8. The molecule has 4 aliphatic carbocycles. The first-order chi connectivity index (χ1) is 24.4. The maximum Gasteiger partial charge on any atom is 0.333 e. The summed E-state index contributed by atoms with van der Waals surface area (Å²) in [5, 5.41) is 13.8. The van der Waals surface area contributed by atoms with E-state index in [-0.39, 0.29) is 19.3 Å². The highest BCUT2D eigenvalue weighted by atomic mass is 17.0. The molecular formula is C39H48O13. The molecule has 52 heavy (non-hydrogen) atoms. The number of ether oxygens (including phenoxy) is 7. The third-order valence-corrected chi connectivity index (χ3v) is 14.8. The molecule has 0 amide bonds. The summed E-state index contributed by atoms with van der Waals surface area (Å²) in [6.45, 7) is 14.1. The first kappa shape index (κ1) is 35.5. The van der Waals surface area contributed by atoms with E-state index in [2.05, 4.69) is 0 Å². The summed E-state index contributed by atoms with van der Waals surface area (Å²) in [4.78, 5) is 54.8. The molecule has 282 valence electrons. The number of fused-ring (bicyclic) bond motifs is 4. The predicted octanol–water partition coefficient (Wildman–Crippen LogP) is 4.76. The number of carbonyl (C=O) groups is 4. The summed E-state index contributed by atoms with van der Waals surface area (Å²) in [7, 11) is 1.30. The summed E-state index contributed by atoms with van der Waals surface area (Å²) in [6.07, 6.45) is 3.57. The number of esters is 4. The van der Waals surface area contributed by atoms with Crippen LogP contribution in [0, 0.1) is 28.1 Å². The molecule has 2 saturated heterocycles. The first-order valence-corrected chi connectivity index (χ1v) is 18.2. The van der Waals surface area contributed by atoms with E-state index in [4.69, 9.17) is 37.6 Å². The van der Waals surface area contributed by atoms with E-state index < -0.39 is 98.6 Å². The lowest BCUT2D eigenvalue weighted by Crippen LogP contribution is -2.92. The van der Waals surface area contributed by atoms with E-state index in [1.807, 2.05) is 34.6 Å². The number of hydrogen-bond donors (Lipinski definition) is 1. The van der Waals surface area contributed by atoms with Gasteiger partial charge >= 0.3 is 23.9 Å². The van der Waals surface area contributed by atoms with Gasteiger partial charge in [-0.05, 0) is 57.1 Å². The van der Waals surface area contributed by atoms with Crippen molar-refractivity contribution in [2.24, 2.45) is 28.1 Å². The zero-order valence-corrected chi connectivity index (χ0v) is 31.2. The molecule has 4 bridgehead atoms. The molecule has 0 aromatic carbocycles. The second-order valence-corrected chi connectivity index (χ2v) is 16.7. The Labute approximate surface area is 302 Å². The summed E-state index contributed by atoms with van der Waals surface area (Å²) >= 11 is 0. The molecule has 13 atom stereocenters. The second kappa shape index (κ2) is 10.6. The fraction of sp³-hybridized carbons (Fsp3) is 0.692. The van der Waals surface area contributed by atoms with Gasteiger partial charge in [-0.2, -0.15) is 0 Å². The van der Waals surface area contributed by atoms with Crippen molar-refractivity contribution in [3.8, 4) is 0 Å². The summed E-state index contributed by atoms with van der Waals surface area (Å²) in [6, 6.07) is 1.75. The van der Waals surface area contributed by atoms with Crippen LogP contribution < -0.4 is 0 Å². The van der Waals surface area contributed by atoms with Crippen LogP contribution in [0.5, 0.6) is 0 Å². The molecule has 0 radical (unpaired) electrons. The number of allylic oxidation sites excluding steroid dienone is 1. The van der Waals surface area contributed by atoms with Crippen LogP contribution in [0.3, 0.4) is 0 Å². The average molecular weight is 725 g/mol. The third kappa shape index (κ3) is 3.55. The lowest BCUT2D eigenvalue weighted by atomic mass is 9.34. The maximum atomic E-state index is 13.9. The van der Waals surface area contributed by atoms with Gasteiger partial charge in [0.15, 0.2) is 11.7 Å². The number of hydrogen-bond acceptors (Lipinski definition) is 13. The van der Waals surface area contributed by atoms with Gasteiger partial charge in [-0.1, -0.05) is 40.7 Å². The van der Waals surface area contributed by atoms with Gasteiger partial charge in [-0.3, -0.25) is 9.59 Å². The van der Waals surface area contributed by atoms with Crippen LogP contribution in [0.25, 0.3) is 0 Å². The normalized spacial score (nSPS) is 48.3. The molecule has 1 spiro atoms. The Morgan fingerprint density at radius 2 is 1.87 bits per heavy atom. The Morgan fingerprint density at radius 3 is 2.48 bits per heavy atom. The maximum absolute atomic E-state index is 13.9. The Hall–Kier alpha value is -3.52. The lowest BCUT2D eigenvalue weighted by Gasteiger charge is -2.75. The highest BCUT2D eigenvalue weighted by Crippen LogP contribution is 2.88. The smallest absolute Gasteiger partial charge is 0.333 e. The number of aliphatic hydroxyl groups is 1. The van der Waals surface area contributed by atoms with E-state index in [1.54, 1.807) is 26.0 Å². The predicted molar refractivity (Wildman–Crippen MR) is 177 cm³/mol. The molecule has 7 aliphatic rings. The molecule has 4 saturated carbocycles. The SMILES string of the molecule is C/C=C(\C)C(=O)O[C@@H]1C2(OC(C)=O)[C@H]3OC4(C(C)CC)OC35C3=CC(=O)O[C@@H](c6ccoc6)[C@]3(C)CCC5(O4)[C@]3(C)[C@@H](CC(=O)OC)[C@@]1(C)C[C@]23O. The van der Waals surface area contributed by atoms with E-state index in [0.717, 1.165) is 0 Å². The van der Waals surface area contributed by atoms with Gasteiger partial charge in [0.25, 0.3) is 5.97 Å². The molecule has 5 unspecified atom stereocenters. The Morgan fingerprint density at radius 1 is 1.13 bits per heavy atom. The van der Waals surface area contributed by atoms with Gasteiger partial charge in [-0.15, -0.1) is 0 Å². The minimum absolute atomic E-state index is 0.0361. The molecule has 13 heteroatoms. The second-order valence-electron chi connectivity index (χ2n) is 16.7. The average Bonchev–Trinajstić information content (AvgIpc) is 3.89. The fourth-order valence-corrected chi connectivity index (χ4v) is 12.3. The molecule has 1 aromatic rings. The molecule has 13 nitrogen and oxygen atoms in total. The van der Waals surface area contributed by atoms with Crippen LogP contribution in [0.1, 0.15) is 99.2 Å². The van der Waals surface area contributed by atoms with Crippen LogP contribution in [0.2, 0.25) is 0 Å². The van der Waals surface area contributed by atoms with Crippen molar-refractivity contribution in [3.05, 3.63) is 47.5 Å². The Bertz CT molecular complexity index is 1830. The lowest BCUT2D eigenvalue weighted by molar-refractivity contribution is -0.454. The van der Waals surface area contributed by atoms with E-state index in [1.165, 1.54) is 32.6 Å². The van der Waals surface area contributed by atoms with Crippen LogP contribution in [0.15, 0.2) is 46.3 Å². The topological polar surface area (TPSA) is 166 Å². The van der Waals surface area contributed by atoms with Crippen molar-refractivity contribution in [1.29, 1.82) is 0 Å². The van der Waals surface area contributed by atoms with Gasteiger partial charge in [0.05, 0.1) is 19.6 Å². The largest absolute Gasteiger partial charge is 0.472 e. The van der Waals surface area contributed by atoms with Crippen molar-refractivity contribution in [2.45, 2.75) is 134 Å². The molecule has 3 aliphatic heterocycles.